The first-order chi connectivity index (χ1) is 4.63. The van der Waals surface area contributed by atoms with Gasteiger partial charge in [0.15, 0.2) is 0 Å². The van der Waals surface area contributed by atoms with Crippen LogP contribution in [0.1, 0.15) is 0 Å². The quantitative estimate of drug-likeness (QED) is 0.665. The molecule has 0 radical (unpaired) electrons. The van der Waals surface area contributed by atoms with Gasteiger partial charge in [-0.25, -0.2) is 0 Å². The third-order valence-electron chi connectivity index (χ3n) is 0.908. The predicted octanol–water partition coefficient (Wildman–Crippen LogP) is 0.788. The van der Waals surface area contributed by atoms with Crippen molar-refractivity contribution in [2.45, 2.75) is 0 Å². The van der Waals surface area contributed by atoms with Crippen molar-refractivity contribution in [3.05, 3.63) is 0 Å². The molecule has 11 heavy (non-hydrogen) atoms. The second-order valence-corrected chi connectivity index (χ2v) is 3.35. The summed E-state index contributed by atoms with van der Waals surface area (Å²) in [5, 5.41) is 8.24. The van der Waals surface area contributed by atoms with Gasteiger partial charge in [-0.1, -0.05) is 0 Å². The molecule has 0 heterocycles. The Morgan fingerprint density at radius 3 is 2.45 bits per heavy atom. The van der Waals surface area contributed by atoms with E-state index in [1.165, 1.54) is 11.8 Å². The maximum Gasteiger partial charge on any atom is 0.313 e. The van der Waals surface area contributed by atoms with Gasteiger partial charge in [0.2, 0.25) is 0 Å². The SMILES string of the molecule is CN(C)CCSCC(=O)O.Cl. The molecule has 5 heteroatoms. The lowest BCUT2D eigenvalue weighted by atomic mass is 10.7. The molecular formula is C6H14ClNO2S. The molecule has 0 aliphatic heterocycles. The molecular weight excluding hydrogens is 186 g/mol. The molecule has 0 amide bonds. The lowest BCUT2D eigenvalue weighted by molar-refractivity contribution is -0.133. The Morgan fingerprint density at radius 2 is 2.09 bits per heavy atom. The zero-order valence-corrected chi connectivity index (χ0v) is 8.37. The monoisotopic (exact) mass is 199 g/mol. The Morgan fingerprint density at radius 1 is 1.55 bits per heavy atom. The van der Waals surface area contributed by atoms with Gasteiger partial charge >= 0.3 is 5.97 Å². The average Bonchev–Trinajstić information content (AvgIpc) is 1.79. The Kier molecular flexibility index (Phi) is 10.1. The van der Waals surface area contributed by atoms with Crippen LogP contribution in [0.5, 0.6) is 0 Å². The maximum atomic E-state index is 10.0. The summed E-state index contributed by atoms with van der Waals surface area (Å²) in [6.07, 6.45) is 0. The predicted molar refractivity (Wildman–Crippen MR) is 50.8 cm³/mol. The highest BCUT2D eigenvalue weighted by Gasteiger charge is 1.96. The molecule has 0 spiro atoms. The van der Waals surface area contributed by atoms with Crippen LogP contribution in [0.2, 0.25) is 0 Å². The number of thioether (sulfide) groups is 1. The molecule has 3 nitrogen and oxygen atoms in total. The molecule has 0 aromatic heterocycles. The molecule has 0 bridgehead atoms. The van der Waals surface area contributed by atoms with Crippen molar-refractivity contribution in [3.63, 3.8) is 0 Å². The van der Waals surface area contributed by atoms with Gasteiger partial charge in [-0.3, -0.25) is 4.79 Å². The van der Waals surface area contributed by atoms with Crippen molar-refractivity contribution in [1.82, 2.24) is 4.90 Å². The van der Waals surface area contributed by atoms with E-state index in [0.29, 0.717) is 0 Å². The van der Waals surface area contributed by atoms with Crippen molar-refractivity contribution in [3.8, 4) is 0 Å². The highest BCUT2D eigenvalue weighted by Crippen LogP contribution is 1.98. The number of hydrogen-bond donors (Lipinski definition) is 1. The molecule has 0 rings (SSSR count). The minimum absolute atomic E-state index is 0. The van der Waals surface area contributed by atoms with Crippen molar-refractivity contribution in [1.29, 1.82) is 0 Å². The fourth-order valence-electron chi connectivity index (χ4n) is 0.407. The van der Waals surface area contributed by atoms with E-state index in [0.717, 1.165) is 12.3 Å². The summed E-state index contributed by atoms with van der Waals surface area (Å²) in [6, 6.07) is 0. The molecule has 0 aromatic rings. The van der Waals surface area contributed by atoms with E-state index < -0.39 is 5.97 Å². The zero-order chi connectivity index (χ0) is 7.98. The number of rotatable bonds is 5. The largest absolute Gasteiger partial charge is 0.481 e. The topological polar surface area (TPSA) is 40.5 Å². The van der Waals surface area contributed by atoms with Crippen LogP contribution in [0.3, 0.4) is 0 Å². The van der Waals surface area contributed by atoms with E-state index in [4.69, 9.17) is 5.11 Å². The second kappa shape index (κ2) is 8.17. The first kappa shape index (κ1) is 13.6. The summed E-state index contributed by atoms with van der Waals surface area (Å²) in [5.41, 5.74) is 0. The zero-order valence-electron chi connectivity index (χ0n) is 6.74. The Balaban J connectivity index is 0. The molecule has 0 saturated heterocycles. The molecule has 0 fully saturated rings. The van der Waals surface area contributed by atoms with E-state index in [9.17, 15) is 4.79 Å². The van der Waals surface area contributed by atoms with Crippen LogP contribution in [0.25, 0.3) is 0 Å². The minimum atomic E-state index is -0.733. The Labute approximate surface area is 77.6 Å². The van der Waals surface area contributed by atoms with E-state index in [2.05, 4.69) is 0 Å². The van der Waals surface area contributed by atoms with E-state index in [1.807, 2.05) is 19.0 Å². The van der Waals surface area contributed by atoms with Crippen LogP contribution in [-0.2, 0) is 4.79 Å². The number of carboxylic acids is 1. The summed E-state index contributed by atoms with van der Waals surface area (Å²) in [5.74, 6) is 0.372. The summed E-state index contributed by atoms with van der Waals surface area (Å²) in [7, 11) is 3.95. The molecule has 0 unspecified atom stereocenters. The van der Waals surface area contributed by atoms with Crippen LogP contribution >= 0.6 is 24.2 Å². The van der Waals surface area contributed by atoms with Gasteiger partial charge in [0.25, 0.3) is 0 Å². The van der Waals surface area contributed by atoms with Crippen molar-refractivity contribution < 1.29 is 9.90 Å². The summed E-state index contributed by atoms with van der Waals surface area (Å²) in [6.45, 7) is 0.942. The fourth-order valence-corrected chi connectivity index (χ4v) is 1.22. The van der Waals surface area contributed by atoms with Gasteiger partial charge in [0.1, 0.15) is 0 Å². The van der Waals surface area contributed by atoms with Gasteiger partial charge in [-0.2, -0.15) is 0 Å². The Bertz CT molecular complexity index is 111. The van der Waals surface area contributed by atoms with E-state index in [-0.39, 0.29) is 18.2 Å². The second-order valence-electron chi connectivity index (χ2n) is 2.25. The number of aliphatic carboxylic acids is 1. The Hall–Kier alpha value is 0.0700. The highest BCUT2D eigenvalue weighted by atomic mass is 35.5. The van der Waals surface area contributed by atoms with Gasteiger partial charge in [-0.15, -0.1) is 24.2 Å². The smallest absolute Gasteiger partial charge is 0.313 e. The highest BCUT2D eigenvalue weighted by molar-refractivity contribution is 7.99. The molecule has 68 valence electrons. The first-order valence-electron chi connectivity index (χ1n) is 3.07. The molecule has 0 atom stereocenters. The fraction of sp³-hybridized carbons (Fsp3) is 0.833. The van der Waals surface area contributed by atoms with Crippen LogP contribution < -0.4 is 0 Å². The molecule has 0 aromatic carbocycles. The lowest BCUT2D eigenvalue weighted by Crippen LogP contribution is -2.15. The van der Waals surface area contributed by atoms with E-state index in [1.54, 1.807) is 0 Å². The minimum Gasteiger partial charge on any atom is -0.481 e. The molecule has 0 aliphatic carbocycles. The third-order valence-corrected chi connectivity index (χ3v) is 1.83. The molecule has 0 aliphatic rings. The number of halogens is 1. The van der Waals surface area contributed by atoms with Crippen molar-refractivity contribution >= 4 is 30.1 Å². The van der Waals surface area contributed by atoms with Gasteiger partial charge < -0.3 is 10.0 Å². The summed E-state index contributed by atoms with van der Waals surface area (Å²) < 4.78 is 0. The number of nitrogens with zero attached hydrogens (tertiary/aromatic N) is 1. The first-order valence-corrected chi connectivity index (χ1v) is 4.22. The normalized spacial score (nSPS) is 9.36. The standard InChI is InChI=1S/C6H13NO2S.ClH/c1-7(2)3-4-10-5-6(8)9;/h3-5H2,1-2H3,(H,8,9);1H. The van der Waals surface area contributed by atoms with Crippen LogP contribution in [-0.4, -0.2) is 48.1 Å². The lowest BCUT2D eigenvalue weighted by Gasteiger charge is -2.06. The van der Waals surface area contributed by atoms with Gasteiger partial charge in [0, 0.05) is 12.3 Å². The molecule has 1 N–H and O–H groups in total. The third kappa shape index (κ3) is 13.1. The van der Waals surface area contributed by atoms with Crippen molar-refractivity contribution in [2.24, 2.45) is 0 Å². The number of carbonyl (C=O) groups is 1. The summed E-state index contributed by atoms with van der Waals surface area (Å²) >= 11 is 1.45. The molecule has 0 saturated carbocycles. The average molecular weight is 200 g/mol. The summed E-state index contributed by atoms with van der Waals surface area (Å²) in [4.78, 5) is 12.0. The van der Waals surface area contributed by atoms with Gasteiger partial charge in [0.05, 0.1) is 5.75 Å². The van der Waals surface area contributed by atoms with Crippen molar-refractivity contribution in [2.75, 3.05) is 32.1 Å². The van der Waals surface area contributed by atoms with Gasteiger partial charge in [-0.05, 0) is 14.1 Å². The van der Waals surface area contributed by atoms with Crippen LogP contribution in [0.4, 0.5) is 0 Å². The van der Waals surface area contributed by atoms with E-state index >= 15 is 0 Å². The van der Waals surface area contributed by atoms with Crippen LogP contribution in [0, 0.1) is 0 Å². The van der Waals surface area contributed by atoms with Crippen LogP contribution in [0.15, 0.2) is 0 Å². The maximum absolute atomic E-state index is 10.0. The number of carboxylic acid groups (broad SMARTS) is 1. The number of hydrogen-bond acceptors (Lipinski definition) is 3.